The van der Waals surface area contributed by atoms with Crippen molar-refractivity contribution in [3.63, 3.8) is 0 Å². The maximum absolute atomic E-state index is 13.6. The van der Waals surface area contributed by atoms with Gasteiger partial charge in [-0.3, -0.25) is 9.69 Å². The van der Waals surface area contributed by atoms with E-state index in [1.54, 1.807) is 43.9 Å². The van der Waals surface area contributed by atoms with E-state index >= 15 is 0 Å². The molecule has 0 amide bonds. The lowest BCUT2D eigenvalue weighted by atomic mass is 10.1. The number of esters is 1. The minimum atomic E-state index is -1.01. The number of ether oxygens (including phenoxy) is 4. The van der Waals surface area contributed by atoms with Crippen molar-refractivity contribution in [1.82, 2.24) is 14.9 Å². The van der Waals surface area contributed by atoms with Gasteiger partial charge in [0.1, 0.15) is 30.7 Å². The predicted molar refractivity (Wildman–Crippen MR) is 149 cm³/mol. The van der Waals surface area contributed by atoms with Gasteiger partial charge in [0.25, 0.3) is 0 Å². The van der Waals surface area contributed by atoms with Crippen LogP contribution >= 0.6 is 11.6 Å². The lowest BCUT2D eigenvalue weighted by Gasteiger charge is -2.28. The van der Waals surface area contributed by atoms with E-state index in [1.807, 2.05) is 0 Å². The van der Waals surface area contributed by atoms with Gasteiger partial charge in [-0.15, -0.1) is 0 Å². The Balaban J connectivity index is 1.57. The Hall–Kier alpha value is -3.25. The monoisotopic (exact) mass is 576 g/mol. The molecule has 2 N–H and O–H groups in total. The average Bonchev–Trinajstić information content (AvgIpc) is 3.39. The zero-order valence-electron chi connectivity index (χ0n) is 22.8. The molecule has 1 atom stereocenters. The molecule has 1 aliphatic rings. The van der Waals surface area contributed by atoms with Gasteiger partial charge in [0.2, 0.25) is 0 Å². The number of hydrogen-bond donors (Lipinski definition) is 2. The van der Waals surface area contributed by atoms with E-state index in [4.69, 9.17) is 30.5 Å². The molecule has 2 heterocycles. The van der Waals surface area contributed by atoms with E-state index in [2.05, 4.69) is 15.3 Å². The van der Waals surface area contributed by atoms with Crippen LogP contribution in [0.2, 0.25) is 5.02 Å². The normalized spacial score (nSPS) is 15.4. The molecule has 3 aromatic rings. The van der Waals surface area contributed by atoms with Crippen LogP contribution in [0.5, 0.6) is 11.5 Å². The van der Waals surface area contributed by atoms with E-state index in [-0.39, 0.29) is 43.4 Å². The summed E-state index contributed by atoms with van der Waals surface area (Å²) in [6.07, 6.45) is 2.00. The second-order valence-corrected chi connectivity index (χ2v) is 10.5. The van der Waals surface area contributed by atoms with Gasteiger partial charge in [-0.05, 0) is 45.0 Å². The third-order valence-corrected chi connectivity index (χ3v) is 6.29. The molecule has 12 heteroatoms. The number of halogens is 2. The summed E-state index contributed by atoms with van der Waals surface area (Å²) in [4.78, 5) is 22.6. The molecule has 0 saturated carbocycles. The van der Waals surface area contributed by atoms with Crippen LogP contribution in [0.15, 0.2) is 36.7 Å². The topological polar surface area (TPSA) is 115 Å². The Bertz CT molecular complexity index is 1320. The highest BCUT2D eigenvalue weighted by molar-refractivity contribution is 6.31. The molecule has 1 aromatic heterocycles. The fourth-order valence-corrected chi connectivity index (χ4v) is 4.48. The van der Waals surface area contributed by atoms with Crippen LogP contribution < -0.4 is 14.8 Å². The lowest BCUT2D eigenvalue weighted by Crippen LogP contribution is -2.43. The minimum absolute atomic E-state index is 0.00844. The number of anilines is 2. The molecule has 1 saturated heterocycles. The van der Waals surface area contributed by atoms with Gasteiger partial charge in [0, 0.05) is 36.7 Å². The summed E-state index contributed by atoms with van der Waals surface area (Å²) in [5.41, 5.74) is 0.142. The SMILES string of the molecule is CCOC(=O)CN(CCOc1cc2ncnc(Nc3ccc(F)c(Cl)c3)c2cc1O[C@H]1CCOC1)CC(C)(C)O. The maximum atomic E-state index is 13.6. The Morgan fingerprint density at radius 3 is 2.80 bits per heavy atom. The van der Waals surface area contributed by atoms with Crippen molar-refractivity contribution in [2.24, 2.45) is 0 Å². The van der Waals surface area contributed by atoms with Crippen LogP contribution in [0.3, 0.4) is 0 Å². The quantitative estimate of drug-likeness (QED) is 0.285. The van der Waals surface area contributed by atoms with Crippen molar-refractivity contribution in [1.29, 1.82) is 0 Å². The molecule has 216 valence electrons. The summed E-state index contributed by atoms with van der Waals surface area (Å²) >= 11 is 5.95. The third kappa shape index (κ3) is 8.37. The van der Waals surface area contributed by atoms with Crippen LogP contribution in [0.25, 0.3) is 10.9 Å². The first-order valence-corrected chi connectivity index (χ1v) is 13.5. The molecule has 0 aliphatic carbocycles. The molecule has 2 aromatic carbocycles. The van der Waals surface area contributed by atoms with E-state index in [9.17, 15) is 14.3 Å². The van der Waals surface area contributed by atoms with Crippen molar-refractivity contribution in [2.75, 3.05) is 51.4 Å². The summed E-state index contributed by atoms with van der Waals surface area (Å²) in [5, 5.41) is 14.1. The smallest absolute Gasteiger partial charge is 0.320 e. The van der Waals surface area contributed by atoms with E-state index in [0.717, 1.165) is 6.42 Å². The number of nitrogens with one attached hydrogen (secondary N) is 1. The Morgan fingerprint density at radius 2 is 2.10 bits per heavy atom. The number of aromatic nitrogens is 2. The molecule has 0 radical (unpaired) electrons. The maximum Gasteiger partial charge on any atom is 0.320 e. The first-order valence-electron chi connectivity index (χ1n) is 13.1. The molecule has 4 rings (SSSR count). The first-order chi connectivity index (χ1) is 19.1. The summed E-state index contributed by atoms with van der Waals surface area (Å²) in [7, 11) is 0. The Morgan fingerprint density at radius 1 is 1.27 bits per heavy atom. The highest BCUT2D eigenvalue weighted by Gasteiger charge is 2.23. The van der Waals surface area contributed by atoms with Gasteiger partial charge in [-0.2, -0.15) is 0 Å². The van der Waals surface area contributed by atoms with Gasteiger partial charge in [0.15, 0.2) is 11.5 Å². The largest absolute Gasteiger partial charge is 0.488 e. The van der Waals surface area contributed by atoms with Crippen molar-refractivity contribution in [2.45, 2.75) is 38.9 Å². The second-order valence-electron chi connectivity index (χ2n) is 10.1. The molecule has 0 bridgehead atoms. The number of nitrogens with zero attached hydrogens (tertiary/aromatic N) is 3. The van der Waals surface area contributed by atoms with Crippen molar-refractivity contribution < 1.29 is 33.2 Å². The predicted octanol–water partition coefficient (Wildman–Crippen LogP) is 4.35. The van der Waals surface area contributed by atoms with Crippen LogP contribution in [-0.2, 0) is 14.3 Å². The number of benzene rings is 2. The molecule has 0 spiro atoms. The zero-order chi connectivity index (χ0) is 28.7. The van der Waals surface area contributed by atoms with Gasteiger partial charge < -0.3 is 29.4 Å². The van der Waals surface area contributed by atoms with Crippen molar-refractivity contribution in [3.8, 4) is 11.5 Å². The number of rotatable bonds is 13. The molecule has 40 heavy (non-hydrogen) atoms. The summed E-state index contributed by atoms with van der Waals surface area (Å²) in [5.74, 6) is 0.546. The molecular weight excluding hydrogens is 543 g/mol. The lowest BCUT2D eigenvalue weighted by molar-refractivity contribution is -0.145. The minimum Gasteiger partial charge on any atom is -0.488 e. The van der Waals surface area contributed by atoms with Crippen LogP contribution in [0.1, 0.15) is 27.2 Å². The molecule has 0 unspecified atom stereocenters. The fourth-order valence-electron chi connectivity index (χ4n) is 4.30. The molecule has 1 fully saturated rings. The van der Waals surface area contributed by atoms with E-state index in [1.165, 1.54) is 18.5 Å². The van der Waals surface area contributed by atoms with Crippen molar-refractivity contribution >= 4 is 40.0 Å². The summed E-state index contributed by atoms with van der Waals surface area (Å²) < 4.78 is 36.6. The van der Waals surface area contributed by atoms with Gasteiger partial charge in [0.05, 0.1) is 42.5 Å². The van der Waals surface area contributed by atoms with Gasteiger partial charge in [-0.25, -0.2) is 14.4 Å². The Labute approximate surface area is 237 Å². The van der Waals surface area contributed by atoms with Crippen LogP contribution in [0, 0.1) is 5.82 Å². The number of aliphatic hydroxyl groups is 1. The number of fused-ring (bicyclic) bond motifs is 1. The number of hydrogen-bond acceptors (Lipinski definition) is 10. The first kappa shape index (κ1) is 29.7. The summed E-state index contributed by atoms with van der Waals surface area (Å²) in [6.45, 7) is 7.29. The van der Waals surface area contributed by atoms with Gasteiger partial charge >= 0.3 is 5.97 Å². The third-order valence-electron chi connectivity index (χ3n) is 6.00. The number of carbonyl (C=O) groups excluding carboxylic acids is 1. The molecule has 1 aliphatic heterocycles. The number of carbonyl (C=O) groups is 1. The van der Waals surface area contributed by atoms with E-state index in [0.29, 0.717) is 53.7 Å². The molecule has 10 nitrogen and oxygen atoms in total. The second kappa shape index (κ2) is 13.4. The Kier molecular flexibility index (Phi) is 9.96. The van der Waals surface area contributed by atoms with Crippen LogP contribution in [-0.4, -0.2) is 83.7 Å². The fraction of sp³-hybridized carbons (Fsp3) is 0.464. The van der Waals surface area contributed by atoms with Crippen molar-refractivity contribution in [3.05, 3.63) is 47.5 Å². The van der Waals surface area contributed by atoms with Crippen LogP contribution in [0.4, 0.5) is 15.9 Å². The average molecular weight is 577 g/mol. The van der Waals surface area contributed by atoms with Gasteiger partial charge in [-0.1, -0.05) is 11.6 Å². The molecular formula is C28H34ClFN4O6. The summed E-state index contributed by atoms with van der Waals surface area (Å²) in [6, 6.07) is 7.87. The standard InChI is InChI=1S/C28H34ClFN4O6/c1-4-38-26(35)14-34(16-28(2,3)36)8-10-39-24-13-23-20(12-25(24)40-19-7-9-37-15-19)27(32-17-31-23)33-18-5-6-22(30)21(29)11-18/h5-6,11-13,17,19,36H,4,7-10,14-16H2,1-3H3,(H,31,32,33)/t19-/m0/s1. The zero-order valence-corrected chi connectivity index (χ0v) is 23.5. The van der Waals surface area contributed by atoms with E-state index < -0.39 is 11.4 Å². The highest BCUT2D eigenvalue weighted by Crippen LogP contribution is 2.36. The highest BCUT2D eigenvalue weighted by atomic mass is 35.5.